The first kappa shape index (κ1) is 26.2. The minimum atomic E-state index is -0.902. The Labute approximate surface area is 212 Å². The van der Waals surface area contributed by atoms with Gasteiger partial charge in [0.1, 0.15) is 0 Å². The van der Waals surface area contributed by atoms with Crippen LogP contribution in [0.15, 0.2) is 11.6 Å². The van der Waals surface area contributed by atoms with Crippen molar-refractivity contribution in [1.82, 2.24) is 0 Å². The van der Waals surface area contributed by atoms with Crippen LogP contribution in [0, 0.1) is 39.4 Å². The molecule has 0 aromatic heterocycles. The predicted octanol–water partition coefficient (Wildman–Crippen LogP) is 4.60. The summed E-state index contributed by atoms with van der Waals surface area (Å²) < 4.78 is 6.62. The van der Waals surface area contributed by atoms with E-state index in [4.69, 9.17) is 4.74 Å². The molecular formula is C30H50O5. The summed E-state index contributed by atoms with van der Waals surface area (Å²) in [7, 11) is 0. The molecule has 0 aromatic carbocycles. The SMILES string of the molecule is CC(C)(O)[C@H]1CC[C@@](C)([C@@H]2[C@@H](O)C[C@@]3(C)[C@@H]4C[C@H](O)[C@H]5C(C)(C)[C@@H](O)CC[C@@]5(C)C4=CC[C@@]23C)O1. The summed E-state index contributed by atoms with van der Waals surface area (Å²) in [4.78, 5) is 0. The van der Waals surface area contributed by atoms with Crippen LogP contribution in [0.1, 0.15) is 100 Å². The van der Waals surface area contributed by atoms with Crippen LogP contribution in [0.4, 0.5) is 0 Å². The molecule has 5 heteroatoms. The highest BCUT2D eigenvalue weighted by Crippen LogP contribution is 2.74. The van der Waals surface area contributed by atoms with Crippen molar-refractivity contribution in [3.63, 3.8) is 0 Å². The molecule has 1 saturated heterocycles. The summed E-state index contributed by atoms with van der Waals surface area (Å²) in [6.45, 7) is 17.1. The van der Waals surface area contributed by atoms with Gasteiger partial charge in [-0.3, -0.25) is 0 Å². The van der Waals surface area contributed by atoms with Gasteiger partial charge in [-0.15, -0.1) is 0 Å². The number of aliphatic hydroxyl groups excluding tert-OH is 3. The van der Waals surface area contributed by atoms with Crippen LogP contribution >= 0.6 is 0 Å². The maximum Gasteiger partial charge on any atom is 0.0865 e. The maximum atomic E-state index is 11.7. The van der Waals surface area contributed by atoms with Crippen molar-refractivity contribution in [2.75, 3.05) is 0 Å². The Bertz CT molecular complexity index is 905. The fraction of sp³-hybridized carbons (Fsp3) is 0.933. The van der Waals surface area contributed by atoms with Gasteiger partial charge in [-0.25, -0.2) is 0 Å². The van der Waals surface area contributed by atoms with Gasteiger partial charge >= 0.3 is 0 Å². The third-order valence-electron chi connectivity index (χ3n) is 12.5. The number of fused-ring (bicyclic) bond motifs is 5. The maximum absolute atomic E-state index is 11.7. The second-order valence-corrected chi connectivity index (χ2v) is 15.2. The summed E-state index contributed by atoms with van der Waals surface area (Å²) in [5.74, 6) is 0.204. The zero-order valence-electron chi connectivity index (χ0n) is 23.3. The van der Waals surface area contributed by atoms with Gasteiger partial charge in [-0.1, -0.05) is 46.3 Å². The van der Waals surface area contributed by atoms with Crippen molar-refractivity contribution in [3.8, 4) is 0 Å². The molecule has 0 bridgehead atoms. The molecule has 3 saturated carbocycles. The molecular weight excluding hydrogens is 440 g/mol. The molecule has 0 radical (unpaired) electrons. The highest BCUT2D eigenvalue weighted by molar-refractivity contribution is 5.35. The van der Waals surface area contributed by atoms with Crippen molar-refractivity contribution in [2.45, 2.75) is 136 Å². The van der Waals surface area contributed by atoms with E-state index in [-0.39, 0.29) is 45.5 Å². The van der Waals surface area contributed by atoms with Crippen LogP contribution in [0.2, 0.25) is 0 Å². The van der Waals surface area contributed by atoms with Gasteiger partial charge in [0, 0.05) is 11.8 Å². The highest BCUT2D eigenvalue weighted by atomic mass is 16.5. The standard InChI is InChI=1S/C30H50O5/c1-25(2)21(33)10-12-27(5)17-9-13-28(6)24(30(8)14-11-22(35-30)26(3,4)34)20(32)16-29(28,7)18(17)15-19(31)23(25)27/h9,18-24,31-34H,10-16H2,1-8H3/t18-,19+,20+,21+,22-,23+,24-,27+,28+,29+,30+/m1/s1. The average molecular weight is 491 g/mol. The monoisotopic (exact) mass is 490 g/mol. The number of hydrogen-bond donors (Lipinski definition) is 4. The zero-order chi connectivity index (χ0) is 26.0. The molecule has 1 aliphatic heterocycles. The minimum absolute atomic E-state index is 0.0274. The lowest BCUT2D eigenvalue weighted by Crippen LogP contribution is -2.62. The Morgan fingerprint density at radius 3 is 2.14 bits per heavy atom. The van der Waals surface area contributed by atoms with Gasteiger partial charge < -0.3 is 25.2 Å². The summed E-state index contributed by atoms with van der Waals surface area (Å²) >= 11 is 0. The van der Waals surface area contributed by atoms with E-state index in [1.54, 1.807) is 0 Å². The molecule has 4 aliphatic carbocycles. The number of aliphatic hydroxyl groups is 4. The third kappa shape index (κ3) is 3.30. The first-order chi connectivity index (χ1) is 15.9. The number of allylic oxidation sites excluding steroid dienone is 2. The molecule has 35 heavy (non-hydrogen) atoms. The molecule has 200 valence electrons. The fourth-order valence-electron chi connectivity index (χ4n) is 10.6. The fourth-order valence-corrected chi connectivity index (χ4v) is 10.6. The van der Waals surface area contributed by atoms with E-state index in [1.165, 1.54) is 5.57 Å². The highest BCUT2D eigenvalue weighted by Gasteiger charge is 2.71. The van der Waals surface area contributed by atoms with Crippen molar-refractivity contribution >= 4 is 0 Å². The molecule has 0 amide bonds. The van der Waals surface area contributed by atoms with E-state index in [2.05, 4.69) is 47.6 Å². The quantitative estimate of drug-likeness (QED) is 0.425. The lowest BCUT2D eigenvalue weighted by atomic mass is 9.40. The van der Waals surface area contributed by atoms with Crippen molar-refractivity contribution in [2.24, 2.45) is 39.4 Å². The lowest BCUT2D eigenvalue weighted by Gasteiger charge is -2.65. The Balaban J connectivity index is 1.55. The molecule has 0 aromatic rings. The van der Waals surface area contributed by atoms with E-state index in [1.807, 2.05) is 13.8 Å². The zero-order valence-corrected chi connectivity index (χ0v) is 23.3. The second-order valence-electron chi connectivity index (χ2n) is 15.2. The van der Waals surface area contributed by atoms with E-state index in [0.717, 1.165) is 32.1 Å². The second kappa shape index (κ2) is 7.56. The van der Waals surface area contributed by atoms with Gasteiger partial charge in [0.15, 0.2) is 0 Å². The Hall–Kier alpha value is -0.460. The molecule has 5 aliphatic rings. The Kier molecular flexibility index (Phi) is 5.65. The molecule has 11 atom stereocenters. The summed E-state index contributed by atoms with van der Waals surface area (Å²) in [6.07, 6.45) is 6.50. The summed E-state index contributed by atoms with van der Waals surface area (Å²) in [5, 5.41) is 44.8. The summed E-state index contributed by atoms with van der Waals surface area (Å²) in [6, 6.07) is 0. The number of hydrogen-bond acceptors (Lipinski definition) is 5. The Morgan fingerprint density at radius 2 is 1.54 bits per heavy atom. The van der Waals surface area contributed by atoms with Crippen LogP contribution in [0.5, 0.6) is 0 Å². The lowest BCUT2D eigenvalue weighted by molar-refractivity contribution is -0.183. The van der Waals surface area contributed by atoms with Gasteiger partial charge in [-0.05, 0) is 93.3 Å². The first-order valence-corrected chi connectivity index (χ1v) is 14.1. The minimum Gasteiger partial charge on any atom is -0.393 e. The molecule has 4 N–H and O–H groups in total. The Morgan fingerprint density at radius 1 is 0.886 bits per heavy atom. The molecule has 0 unspecified atom stereocenters. The van der Waals surface area contributed by atoms with Gasteiger partial charge in [0.25, 0.3) is 0 Å². The summed E-state index contributed by atoms with van der Waals surface area (Å²) in [5.41, 5.74) is -0.731. The third-order valence-corrected chi connectivity index (χ3v) is 12.5. The van der Waals surface area contributed by atoms with E-state index in [9.17, 15) is 20.4 Å². The topological polar surface area (TPSA) is 90.2 Å². The predicted molar refractivity (Wildman–Crippen MR) is 137 cm³/mol. The van der Waals surface area contributed by atoms with Crippen LogP contribution in [-0.2, 0) is 4.74 Å². The molecule has 5 rings (SSSR count). The molecule has 1 heterocycles. The van der Waals surface area contributed by atoms with Crippen molar-refractivity contribution in [1.29, 1.82) is 0 Å². The van der Waals surface area contributed by atoms with Gasteiger partial charge in [-0.2, -0.15) is 0 Å². The van der Waals surface area contributed by atoms with Crippen LogP contribution in [0.25, 0.3) is 0 Å². The van der Waals surface area contributed by atoms with E-state index >= 15 is 0 Å². The number of rotatable bonds is 2. The molecule has 4 fully saturated rings. The molecule has 0 spiro atoms. The van der Waals surface area contributed by atoms with Crippen LogP contribution in [-0.4, -0.2) is 56.0 Å². The van der Waals surface area contributed by atoms with E-state index < -0.39 is 29.5 Å². The van der Waals surface area contributed by atoms with Gasteiger partial charge in [0.05, 0.1) is 35.6 Å². The van der Waals surface area contributed by atoms with Crippen molar-refractivity contribution < 1.29 is 25.2 Å². The number of ether oxygens (including phenoxy) is 1. The smallest absolute Gasteiger partial charge is 0.0865 e. The van der Waals surface area contributed by atoms with E-state index in [0.29, 0.717) is 12.8 Å². The average Bonchev–Trinajstić information content (AvgIpc) is 3.20. The van der Waals surface area contributed by atoms with Crippen LogP contribution in [0.3, 0.4) is 0 Å². The molecule has 5 nitrogen and oxygen atoms in total. The van der Waals surface area contributed by atoms with Crippen LogP contribution < -0.4 is 0 Å². The largest absolute Gasteiger partial charge is 0.393 e. The normalized spacial score (nSPS) is 55.7. The van der Waals surface area contributed by atoms with Gasteiger partial charge in [0.2, 0.25) is 0 Å². The first-order valence-electron chi connectivity index (χ1n) is 14.1. The van der Waals surface area contributed by atoms with Crippen molar-refractivity contribution in [3.05, 3.63) is 11.6 Å².